The summed E-state index contributed by atoms with van der Waals surface area (Å²) >= 11 is 1.57. The van der Waals surface area contributed by atoms with E-state index in [0.717, 1.165) is 36.4 Å². The SMILES string of the molecule is CCCCCCc1nc(Nc2cc(C(C)(C)C)c(O)c(C(C)(C)C)c2O)nc(SCC)n1. The van der Waals surface area contributed by atoms with E-state index in [4.69, 9.17) is 0 Å². The third kappa shape index (κ3) is 6.74. The van der Waals surface area contributed by atoms with Gasteiger partial charge in [0.05, 0.1) is 5.69 Å². The van der Waals surface area contributed by atoms with Crippen molar-refractivity contribution in [2.75, 3.05) is 11.1 Å². The average Bonchev–Trinajstić information content (AvgIpc) is 2.65. The number of phenolic OH excluding ortho intramolecular Hbond substituents is 2. The Hall–Kier alpha value is -2.02. The van der Waals surface area contributed by atoms with Gasteiger partial charge in [-0.25, -0.2) is 4.98 Å². The lowest BCUT2D eigenvalue weighted by molar-refractivity contribution is 0.398. The van der Waals surface area contributed by atoms with Crippen LogP contribution in [0.1, 0.15) is 98.0 Å². The minimum absolute atomic E-state index is 0.0256. The molecule has 2 aromatic rings. The normalized spacial score (nSPS) is 12.2. The molecule has 1 aromatic heterocycles. The average molecular weight is 461 g/mol. The van der Waals surface area contributed by atoms with Gasteiger partial charge in [-0.05, 0) is 29.1 Å². The molecule has 3 N–H and O–H groups in total. The number of phenols is 2. The maximum absolute atomic E-state index is 11.1. The van der Waals surface area contributed by atoms with Crippen LogP contribution in [0.3, 0.4) is 0 Å². The lowest BCUT2D eigenvalue weighted by atomic mass is 9.78. The molecule has 0 aliphatic heterocycles. The highest BCUT2D eigenvalue weighted by molar-refractivity contribution is 7.99. The minimum atomic E-state index is -0.446. The van der Waals surface area contributed by atoms with Gasteiger partial charge >= 0.3 is 0 Å². The summed E-state index contributed by atoms with van der Waals surface area (Å²) in [7, 11) is 0. The predicted octanol–water partition coefficient (Wildman–Crippen LogP) is 6.86. The molecule has 0 saturated carbocycles. The summed E-state index contributed by atoms with van der Waals surface area (Å²) in [4.78, 5) is 13.8. The summed E-state index contributed by atoms with van der Waals surface area (Å²) in [6, 6.07) is 1.80. The first kappa shape index (κ1) is 26.2. The van der Waals surface area contributed by atoms with Gasteiger partial charge in [-0.2, -0.15) is 9.97 Å². The van der Waals surface area contributed by atoms with E-state index in [9.17, 15) is 10.2 Å². The van der Waals surface area contributed by atoms with Gasteiger partial charge in [-0.15, -0.1) is 0 Å². The number of hydrogen-bond acceptors (Lipinski definition) is 7. The highest BCUT2D eigenvalue weighted by Crippen LogP contribution is 2.48. The Balaban J connectivity index is 2.51. The molecular formula is C25H40N4O2S. The maximum Gasteiger partial charge on any atom is 0.231 e. The lowest BCUT2D eigenvalue weighted by Gasteiger charge is -2.29. The van der Waals surface area contributed by atoms with Gasteiger partial charge in [-0.1, -0.05) is 86.4 Å². The molecule has 6 nitrogen and oxygen atoms in total. The first-order valence-electron chi connectivity index (χ1n) is 11.6. The zero-order valence-corrected chi connectivity index (χ0v) is 21.8. The Labute approximate surface area is 197 Å². The Morgan fingerprint density at radius 2 is 1.56 bits per heavy atom. The zero-order valence-electron chi connectivity index (χ0n) is 21.0. The van der Waals surface area contributed by atoms with E-state index in [1.165, 1.54) is 12.8 Å². The number of nitrogens with zero attached hydrogens (tertiary/aromatic N) is 3. The number of unbranched alkanes of at least 4 members (excludes halogenated alkanes) is 3. The molecule has 178 valence electrons. The third-order valence-electron chi connectivity index (χ3n) is 5.27. The molecule has 0 saturated heterocycles. The van der Waals surface area contributed by atoms with E-state index < -0.39 is 5.41 Å². The van der Waals surface area contributed by atoms with Gasteiger partial charge in [-0.3, -0.25) is 0 Å². The molecule has 0 bridgehead atoms. The molecule has 7 heteroatoms. The molecule has 0 atom stereocenters. The Bertz CT molecular complexity index is 918. The van der Waals surface area contributed by atoms with Crippen LogP contribution >= 0.6 is 11.8 Å². The first-order valence-corrected chi connectivity index (χ1v) is 12.6. The van der Waals surface area contributed by atoms with Crippen LogP contribution in [-0.2, 0) is 17.3 Å². The second kappa shape index (κ2) is 10.7. The lowest BCUT2D eigenvalue weighted by Crippen LogP contribution is -2.18. The van der Waals surface area contributed by atoms with Crippen molar-refractivity contribution in [2.45, 2.75) is 103 Å². The predicted molar refractivity (Wildman–Crippen MR) is 135 cm³/mol. The van der Waals surface area contributed by atoms with Crippen molar-refractivity contribution in [3.8, 4) is 11.5 Å². The number of aromatic hydroxyl groups is 2. The number of rotatable bonds is 9. The summed E-state index contributed by atoms with van der Waals surface area (Å²) in [5, 5.41) is 26.0. The second-order valence-electron chi connectivity index (χ2n) is 10.3. The second-order valence-corrected chi connectivity index (χ2v) is 11.5. The van der Waals surface area contributed by atoms with Gasteiger partial charge in [0.2, 0.25) is 5.95 Å². The van der Waals surface area contributed by atoms with Crippen LogP contribution in [-0.4, -0.2) is 30.9 Å². The Morgan fingerprint density at radius 3 is 2.12 bits per heavy atom. The van der Waals surface area contributed by atoms with Crippen LogP contribution in [0.2, 0.25) is 0 Å². The standard InChI is InChI=1S/C25H40N4O2S/c1-9-11-12-13-14-18-27-22(29-23(28-18)32-10-2)26-17-15-16(24(3,4)5)20(30)19(21(17)31)25(6,7)8/h15,30-31H,9-14H2,1-8H3,(H,26,27,28,29). The smallest absolute Gasteiger partial charge is 0.231 e. The molecular weight excluding hydrogens is 420 g/mol. The molecule has 0 spiro atoms. The number of nitrogens with one attached hydrogen (secondary N) is 1. The molecule has 1 heterocycles. The molecule has 0 fully saturated rings. The fraction of sp³-hybridized carbons (Fsp3) is 0.640. The summed E-state index contributed by atoms with van der Waals surface area (Å²) < 4.78 is 0. The highest BCUT2D eigenvalue weighted by Gasteiger charge is 2.31. The van der Waals surface area contributed by atoms with Crippen molar-refractivity contribution in [1.82, 2.24) is 15.0 Å². The highest BCUT2D eigenvalue weighted by atomic mass is 32.2. The van der Waals surface area contributed by atoms with Gasteiger partial charge in [0.25, 0.3) is 0 Å². The number of aromatic nitrogens is 3. The zero-order chi connectivity index (χ0) is 24.1. The van der Waals surface area contributed by atoms with Crippen molar-refractivity contribution in [3.63, 3.8) is 0 Å². The monoisotopic (exact) mass is 460 g/mol. The third-order valence-corrected chi connectivity index (χ3v) is 6.00. The van der Waals surface area contributed by atoms with Crippen LogP contribution in [0.4, 0.5) is 11.6 Å². The quantitative estimate of drug-likeness (QED) is 0.163. The van der Waals surface area contributed by atoms with Crippen LogP contribution in [0.25, 0.3) is 0 Å². The minimum Gasteiger partial charge on any atom is -0.507 e. The molecule has 0 amide bonds. The van der Waals surface area contributed by atoms with E-state index in [0.29, 0.717) is 22.4 Å². The van der Waals surface area contributed by atoms with Crippen molar-refractivity contribution in [2.24, 2.45) is 0 Å². The Kier molecular flexibility index (Phi) is 8.80. The molecule has 1 aromatic carbocycles. The number of hydrogen-bond donors (Lipinski definition) is 3. The van der Waals surface area contributed by atoms with Gasteiger partial charge in [0.1, 0.15) is 17.3 Å². The molecule has 0 unspecified atom stereocenters. The number of thioether (sulfide) groups is 1. The van der Waals surface area contributed by atoms with Gasteiger partial charge in [0.15, 0.2) is 5.16 Å². The molecule has 0 aliphatic rings. The molecule has 32 heavy (non-hydrogen) atoms. The molecule has 0 radical (unpaired) electrons. The Morgan fingerprint density at radius 1 is 0.875 bits per heavy atom. The van der Waals surface area contributed by atoms with E-state index >= 15 is 0 Å². The van der Waals surface area contributed by atoms with Crippen molar-refractivity contribution < 1.29 is 10.2 Å². The summed E-state index contributed by atoms with van der Waals surface area (Å²) in [5.41, 5.74) is 1.02. The number of benzene rings is 1. The summed E-state index contributed by atoms with van der Waals surface area (Å²) in [5.74, 6) is 2.22. The largest absolute Gasteiger partial charge is 0.507 e. The van der Waals surface area contributed by atoms with E-state index in [1.807, 2.05) is 41.5 Å². The van der Waals surface area contributed by atoms with Gasteiger partial charge in [0, 0.05) is 17.5 Å². The van der Waals surface area contributed by atoms with Crippen LogP contribution < -0.4 is 5.32 Å². The van der Waals surface area contributed by atoms with Crippen molar-refractivity contribution >= 4 is 23.4 Å². The number of anilines is 2. The maximum atomic E-state index is 11.1. The van der Waals surface area contributed by atoms with Crippen molar-refractivity contribution in [1.29, 1.82) is 0 Å². The van der Waals surface area contributed by atoms with E-state index in [-0.39, 0.29) is 16.9 Å². The van der Waals surface area contributed by atoms with Crippen LogP contribution in [0, 0.1) is 0 Å². The molecule has 0 aliphatic carbocycles. The topological polar surface area (TPSA) is 91.2 Å². The van der Waals surface area contributed by atoms with E-state index in [2.05, 4.69) is 34.1 Å². The molecule has 2 rings (SSSR count). The van der Waals surface area contributed by atoms with Crippen LogP contribution in [0.5, 0.6) is 11.5 Å². The van der Waals surface area contributed by atoms with E-state index in [1.54, 1.807) is 17.8 Å². The fourth-order valence-electron chi connectivity index (χ4n) is 3.63. The fourth-order valence-corrected chi connectivity index (χ4v) is 4.21. The van der Waals surface area contributed by atoms with Gasteiger partial charge < -0.3 is 15.5 Å². The number of aryl methyl sites for hydroxylation is 1. The summed E-state index contributed by atoms with van der Waals surface area (Å²) in [6.07, 6.45) is 5.40. The van der Waals surface area contributed by atoms with Crippen molar-refractivity contribution in [3.05, 3.63) is 23.0 Å². The first-order chi connectivity index (χ1) is 14.9. The van der Waals surface area contributed by atoms with Crippen LogP contribution in [0.15, 0.2) is 11.2 Å². The summed E-state index contributed by atoms with van der Waals surface area (Å²) in [6.45, 7) is 16.3.